The van der Waals surface area contributed by atoms with Crippen LogP contribution in [0.4, 0.5) is 0 Å². The third-order valence-electron chi connectivity index (χ3n) is 4.21. The first kappa shape index (κ1) is 13.2. The molecule has 1 aromatic heterocycles. The lowest BCUT2D eigenvalue weighted by molar-refractivity contribution is 0.0697. The summed E-state index contributed by atoms with van der Waals surface area (Å²) in [6.07, 6.45) is 3.86. The Bertz CT molecular complexity index is 654. The molecule has 0 saturated heterocycles. The van der Waals surface area contributed by atoms with Crippen molar-refractivity contribution >= 4 is 17.0 Å². The van der Waals surface area contributed by atoms with E-state index < -0.39 is 5.97 Å². The summed E-state index contributed by atoms with van der Waals surface area (Å²) < 4.78 is 2.23. The monoisotopic (exact) mass is 272 g/mol. The van der Waals surface area contributed by atoms with Crippen molar-refractivity contribution in [2.45, 2.75) is 45.6 Å². The van der Waals surface area contributed by atoms with E-state index in [0.29, 0.717) is 11.5 Å². The highest BCUT2D eigenvalue weighted by atomic mass is 16.4. The van der Waals surface area contributed by atoms with Crippen LogP contribution in [0.25, 0.3) is 11.0 Å². The summed E-state index contributed by atoms with van der Waals surface area (Å²) in [5, 5.41) is 9.16. The van der Waals surface area contributed by atoms with Crippen molar-refractivity contribution in [3.05, 3.63) is 29.6 Å². The highest BCUT2D eigenvalue weighted by Crippen LogP contribution is 2.31. The molecule has 0 unspecified atom stereocenters. The van der Waals surface area contributed by atoms with Crippen LogP contribution in [0.5, 0.6) is 0 Å². The van der Waals surface area contributed by atoms with Crippen LogP contribution in [-0.4, -0.2) is 20.6 Å². The van der Waals surface area contributed by atoms with Gasteiger partial charge in [-0.25, -0.2) is 9.78 Å². The Morgan fingerprint density at radius 1 is 1.45 bits per heavy atom. The van der Waals surface area contributed by atoms with Crippen LogP contribution in [0.2, 0.25) is 0 Å². The maximum atomic E-state index is 11.2. The maximum Gasteiger partial charge on any atom is 0.335 e. The second-order valence-corrected chi connectivity index (χ2v) is 6.04. The van der Waals surface area contributed by atoms with Crippen LogP contribution in [0, 0.1) is 5.92 Å². The van der Waals surface area contributed by atoms with Crippen molar-refractivity contribution in [2.24, 2.45) is 5.92 Å². The highest BCUT2D eigenvalue weighted by molar-refractivity contribution is 5.92. The molecule has 0 radical (unpaired) electrons. The number of nitrogens with zero attached hydrogens (tertiary/aromatic N) is 2. The van der Waals surface area contributed by atoms with Crippen LogP contribution in [0.15, 0.2) is 18.2 Å². The Labute approximate surface area is 118 Å². The summed E-state index contributed by atoms with van der Waals surface area (Å²) in [5.74, 6) is 1.25. The van der Waals surface area contributed by atoms with E-state index in [0.717, 1.165) is 29.3 Å². The Kier molecular flexibility index (Phi) is 3.24. The largest absolute Gasteiger partial charge is 0.478 e. The van der Waals surface area contributed by atoms with E-state index in [9.17, 15) is 4.79 Å². The van der Waals surface area contributed by atoms with E-state index >= 15 is 0 Å². The topological polar surface area (TPSA) is 55.1 Å². The van der Waals surface area contributed by atoms with Crippen molar-refractivity contribution in [2.75, 3.05) is 0 Å². The number of carboxylic acids is 1. The number of carbonyl (C=O) groups is 1. The lowest BCUT2D eigenvalue weighted by Crippen LogP contribution is -2.19. The minimum absolute atomic E-state index is 0.336. The van der Waals surface area contributed by atoms with Crippen LogP contribution in [0.1, 0.15) is 55.2 Å². The summed E-state index contributed by atoms with van der Waals surface area (Å²) in [5.41, 5.74) is 2.20. The van der Waals surface area contributed by atoms with E-state index in [-0.39, 0.29) is 0 Å². The molecule has 1 heterocycles. The average Bonchev–Trinajstić information content (AvgIpc) is 2.71. The van der Waals surface area contributed by atoms with Gasteiger partial charge in [0.15, 0.2) is 0 Å². The van der Waals surface area contributed by atoms with E-state index in [1.807, 2.05) is 6.07 Å². The predicted molar refractivity (Wildman–Crippen MR) is 78.1 cm³/mol. The van der Waals surface area contributed by atoms with Crippen LogP contribution >= 0.6 is 0 Å². The molecule has 1 aliphatic rings. The minimum atomic E-state index is -0.880. The molecule has 106 valence electrons. The van der Waals surface area contributed by atoms with Gasteiger partial charge in [0.05, 0.1) is 16.6 Å². The van der Waals surface area contributed by atoms with Gasteiger partial charge in [-0.3, -0.25) is 0 Å². The SMILES string of the molecule is CC(C)c1nc2ccc(C(=O)O)cc2n1CC1CCC1. The zero-order chi connectivity index (χ0) is 14.3. The number of hydrogen-bond donors (Lipinski definition) is 1. The molecule has 0 spiro atoms. The number of hydrogen-bond acceptors (Lipinski definition) is 2. The molecular formula is C16H20N2O2. The smallest absolute Gasteiger partial charge is 0.335 e. The van der Waals surface area contributed by atoms with Crippen molar-refractivity contribution in [1.82, 2.24) is 9.55 Å². The van der Waals surface area contributed by atoms with Crippen molar-refractivity contribution in [1.29, 1.82) is 0 Å². The standard InChI is InChI=1S/C16H20N2O2/c1-10(2)15-17-13-7-6-12(16(19)20)8-14(13)18(15)9-11-4-3-5-11/h6-8,10-11H,3-5,9H2,1-2H3,(H,19,20). The van der Waals surface area contributed by atoms with Crippen molar-refractivity contribution in [3.63, 3.8) is 0 Å². The first-order valence-corrected chi connectivity index (χ1v) is 7.29. The van der Waals surface area contributed by atoms with Crippen LogP contribution in [-0.2, 0) is 6.54 Å². The molecule has 1 aliphatic carbocycles. The van der Waals surface area contributed by atoms with E-state index in [1.54, 1.807) is 12.1 Å². The molecular weight excluding hydrogens is 252 g/mol. The number of imidazole rings is 1. The van der Waals surface area contributed by atoms with Gasteiger partial charge in [-0.05, 0) is 37.0 Å². The molecule has 1 saturated carbocycles. The molecule has 2 aromatic rings. The Hall–Kier alpha value is -1.84. The molecule has 20 heavy (non-hydrogen) atoms. The molecule has 0 bridgehead atoms. The second kappa shape index (κ2) is 4.93. The molecule has 1 N–H and O–H groups in total. The number of aromatic carboxylic acids is 1. The van der Waals surface area contributed by atoms with Gasteiger partial charge in [0.2, 0.25) is 0 Å². The molecule has 0 amide bonds. The molecule has 1 aromatic carbocycles. The van der Waals surface area contributed by atoms with Crippen molar-refractivity contribution in [3.8, 4) is 0 Å². The molecule has 4 nitrogen and oxygen atoms in total. The first-order chi connectivity index (χ1) is 9.56. The Balaban J connectivity index is 2.11. The Morgan fingerprint density at radius 2 is 2.20 bits per heavy atom. The van der Waals surface area contributed by atoms with E-state index in [2.05, 4.69) is 18.4 Å². The third-order valence-corrected chi connectivity index (χ3v) is 4.21. The molecule has 0 atom stereocenters. The van der Waals surface area contributed by atoms with Crippen molar-refractivity contribution < 1.29 is 9.90 Å². The van der Waals surface area contributed by atoms with Gasteiger partial charge >= 0.3 is 5.97 Å². The second-order valence-electron chi connectivity index (χ2n) is 6.04. The average molecular weight is 272 g/mol. The predicted octanol–water partition coefficient (Wildman–Crippen LogP) is 3.66. The lowest BCUT2D eigenvalue weighted by atomic mass is 9.85. The number of aromatic nitrogens is 2. The van der Waals surface area contributed by atoms with Gasteiger partial charge in [0.25, 0.3) is 0 Å². The fraction of sp³-hybridized carbons (Fsp3) is 0.500. The fourth-order valence-corrected chi connectivity index (χ4v) is 2.84. The highest BCUT2D eigenvalue weighted by Gasteiger charge is 2.22. The van der Waals surface area contributed by atoms with Gasteiger partial charge in [-0.2, -0.15) is 0 Å². The molecule has 3 rings (SSSR count). The zero-order valence-electron chi connectivity index (χ0n) is 12.0. The third kappa shape index (κ3) is 2.19. The summed E-state index contributed by atoms with van der Waals surface area (Å²) in [6.45, 7) is 5.24. The molecule has 1 fully saturated rings. The normalized spacial score (nSPS) is 15.8. The molecule has 0 aliphatic heterocycles. The van der Waals surface area contributed by atoms with Gasteiger partial charge in [0, 0.05) is 12.5 Å². The first-order valence-electron chi connectivity index (χ1n) is 7.29. The summed E-state index contributed by atoms with van der Waals surface area (Å²) in [4.78, 5) is 15.9. The van der Waals surface area contributed by atoms with Crippen LogP contribution in [0.3, 0.4) is 0 Å². The number of rotatable bonds is 4. The number of carboxylic acid groups (broad SMARTS) is 1. The minimum Gasteiger partial charge on any atom is -0.478 e. The quantitative estimate of drug-likeness (QED) is 0.924. The van der Waals surface area contributed by atoms with Gasteiger partial charge in [0.1, 0.15) is 5.82 Å². The van der Waals surface area contributed by atoms with Gasteiger partial charge in [-0.1, -0.05) is 20.3 Å². The fourth-order valence-electron chi connectivity index (χ4n) is 2.84. The van der Waals surface area contributed by atoms with Crippen LogP contribution < -0.4 is 0 Å². The maximum absolute atomic E-state index is 11.2. The Morgan fingerprint density at radius 3 is 2.75 bits per heavy atom. The van der Waals surface area contributed by atoms with E-state index in [4.69, 9.17) is 10.1 Å². The lowest BCUT2D eigenvalue weighted by Gasteiger charge is -2.27. The number of benzene rings is 1. The van der Waals surface area contributed by atoms with Gasteiger partial charge < -0.3 is 9.67 Å². The number of fused-ring (bicyclic) bond motifs is 1. The zero-order valence-corrected chi connectivity index (χ0v) is 12.0. The van der Waals surface area contributed by atoms with E-state index in [1.165, 1.54) is 19.3 Å². The van der Waals surface area contributed by atoms with Gasteiger partial charge in [-0.15, -0.1) is 0 Å². The summed E-state index contributed by atoms with van der Waals surface area (Å²) in [7, 11) is 0. The summed E-state index contributed by atoms with van der Waals surface area (Å²) in [6, 6.07) is 5.21. The summed E-state index contributed by atoms with van der Waals surface area (Å²) >= 11 is 0. The molecule has 4 heteroatoms.